The summed E-state index contributed by atoms with van der Waals surface area (Å²) >= 11 is 0. The molecule has 0 aromatic heterocycles. The maximum Gasteiger partial charge on any atom is 0.201 e. The molecular weight excluding hydrogens is 232 g/mol. The molecule has 18 heavy (non-hydrogen) atoms. The molecule has 0 rings (SSSR count). The molecule has 0 fully saturated rings. The van der Waals surface area contributed by atoms with Gasteiger partial charge in [-0.15, -0.1) is 0 Å². The summed E-state index contributed by atoms with van der Waals surface area (Å²) in [6, 6.07) is 0. The van der Waals surface area contributed by atoms with Crippen molar-refractivity contribution in [2.45, 2.75) is 46.5 Å². The van der Waals surface area contributed by atoms with Crippen LogP contribution >= 0.6 is 0 Å². The first-order valence-electron chi connectivity index (χ1n) is 6.49. The van der Waals surface area contributed by atoms with Crippen molar-refractivity contribution in [3.63, 3.8) is 0 Å². The molecule has 0 saturated carbocycles. The fourth-order valence-corrected chi connectivity index (χ4v) is 2.21. The standard InChI is InChI=1S/C14H22O4/c1-4-11(9-16)10(3)12(5-2)14(18)13(17)7-6-8-15/h8-12H,4-7H2,1-3H3. The number of carbonyl (C=O) groups excluding carboxylic acids is 4. The Labute approximate surface area is 108 Å². The summed E-state index contributed by atoms with van der Waals surface area (Å²) < 4.78 is 0. The second-order valence-electron chi connectivity index (χ2n) is 4.57. The quantitative estimate of drug-likeness (QED) is 0.441. The molecule has 0 aromatic carbocycles. The van der Waals surface area contributed by atoms with Crippen LogP contribution in [0.15, 0.2) is 0 Å². The third-order valence-corrected chi connectivity index (χ3v) is 3.50. The largest absolute Gasteiger partial charge is 0.303 e. The Kier molecular flexibility index (Phi) is 8.08. The zero-order valence-corrected chi connectivity index (χ0v) is 11.3. The molecule has 0 heterocycles. The summed E-state index contributed by atoms with van der Waals surface area (Å²) in [5.41, 5.74) is 0. The van der Waals surface area contributed by atoms with Crippen LogP contribution < -0.4 is 0 Å². The van der Waals surface area contributed by atoms with Gasteiger partial charge < -0.3 is 9.59 Å². The minimum Gasteiger partial charge on any atom is -0.303 e. The molecule has 3 atom stereocenters. The Morgan fingerprint density at radius 2 is 1.72 bits per heavy atom. The van der Waals surface area contributed by atoms with Gasteiger partial charge in [0.15, 0.2) is 5.78 Å². The van der Waals surface area contributed by atoms with E-state index < -0.39 is 17.5 Å². The van der Waals surface area contributed by atoms with Crippen LogP contribution in [0, 0.1) is 17.8 Å². The van der Waals surface area contributed by atoms with Crippen LogP contribution in [0.1, 0.15) is 46.5 Å². The van der Waals surface area contributed by atoms with E-state index in [1.165, 1.54) is 0 Å². The monoisotopic (exact) mass is 254 g/mol. The summed E-state index contributed by atoms with van der Waals surface area (Å²) in [5, 5.41) is 0. The number of Topliss-reactive ketones (excluding diaryl/α,β-unsaturated/α-hetero) is 2. The molecule has 102 valence electrons. The van der Waals surface area contributed by atoms with Crippen LogP contribution in [0.5, 0.6) is 0 Å². The molecule has 0 spiro atoms. The second-order valence-corrected chi connectivity index (χ2v) is 4.57. The van der Waals surface area contributed by atoms with Gasteiger partial charge in [-0.1, -0.05) is 20.8 Å². The third-order valence-electron chi connectivity index (χ3n) is 3.50. The molecular formula is C14H22O4. The van der Waals surface area contributed by atoms with Gasteiger partial charge in [-0.2, -0.15) is 0 Å². The smallest absolute Gasteiger partial charge is 0.201 e. The summed E-state index contributed by atoms with van der Waals surface area (Å²) in [7, 11) is 0. The number of rotatable bonds is 10. The maximum absolute atomic E-state index is 12.0. The highest BCUT2D eigenvalue weighted by atomic mass is 16.2. The van der Waals surface area contributed by atoms with Crippen molar-refractivity contribution in [2.24, 2.45) is 17.8 Å². The van der Waals surface area contributed by atoms with Crippen molar-refractivity contribution in [1.82, 2.24) is 0 Å². The summed E-state index contributed by atoms with van der Waals surface area (Å²) in [6.07, 6.45) is 2.75. The Bertz CT molecular complexity index is 309. The van der Waals surface area contributed by atoms with Gasteiger partial charge in [0.1, 0.15) is 12.6 Å². The van der Waals surface area contributed by atoms with Crippen LogP contribution in [0.4, 0.5) is 0 Å². The summed E-state index contributed by atoms with van der Waals surface area (Å²) in [6.45, 7) is 5.56. The van der Waals surface area contributed by atoms with Crippen molar-refractivity contribution in [3.8, 4) is 0 Å². The molecule has 0 N–H and O–H groups in total. The average molecular weight is 254 g/mol. The van der Waals surface area contributed by atoms with Gasteiger partial charge in [0.05, 0.1) is 0 Å². The molecule has 0 aliphatic carbocycles. The first kappa shape index (κ1) is 16.7. The van der Waals surface area contributed by atoms with E-state index in [1.807, 2.05) is 20.8 Å². The molecule has 0 amide bonds. The Hall–Kier alpha value is -1.32. The number of carbonyl (C=O) groups is 4. The van der Waals surface area contributed by atoms with Gasteiger partial charge in [-0.25, -0.2) is 0 Å². The molecule has 3 unspecified atom stereocenters. The van der Waals surface area contributed by atoms with Crippen molar-refractivity contribution < 1.29 is 19.2 Å². The second kappa shape index (κ2) is 8.72. The predicted molar refractivity (Wildman–Crippen MR) is 68.1 cm³/mol. The van der Waals surface area contributed by atoms with Gasteiger partial charge in [0, 0.05) is 24.7 Å². The zero-order chi connectivity index (χ0) is 14.1. The van der Waals surface area contributed by atoms with E-state index in [0.717, 1.165) is 6.29 Å². The Morgan fingerprint density at radius 3 is 2.11 bits per heavy atom. The highest BCUT2D eigenvalue weighted by molar-refractivity contribution is 6.38. The van der Waals surface area contributed by atoms with E-state index in [2.05, 4.69) is 0 Å². The van der Waals surface area contributed by atoms with Gasteiger partial charge >= 0.3 is 0 Å². The summed E-state index contributed by atoms with van der Waals surface area (Å²) in [4.78, 5) is 44.7. The summed E-state index contributed by atoms with van der Waals surface area (Å²) in [5.74, 6) is -1.68. The average Bonchev–Trinajstić information content (AvgIpc) is 2.38. The molecule has 0 bridgehead atoms. The number of hydrogen-bond donors (Lipinski definition) is 0. The van der Waals surface area contributed by atoms with Crippen molar-refractivity contribution in [2.75, 3.05) is 0 Å². The van der Waals surface area contributed by atoms with Crippen LogP contribution in [0.25, 0.3) is 0 Å². The van der Waals surface area contributed by atoms with Gasteiger partial charge in [0.25, 0.3) is 0 Å². The Morgan fingerprint density at radius 1 is 1.11 bits per heavy atom. The first-order valence-corrected chi connectivity index (χ1v) is 6.49. The fraction of sp³-hybridized carbons (Fsp3) is 0.714. The van der Waals surface area contributed by atoms with Crippen LogP contribution in [0.3, 0.4) is 0 Å². The maximum atomic E-state index is 12.0. The lowest BCUT2D eigenvalue weighted by Gasteiger charge is -2.24. The third kappa shape index (κ3) is 4.51. The van der Waals surface area contributed by atoms with E-state index in [1.54, 1.807) is 0 Å². The molecule has 4 nitrogen and oxygen atoms in total. The molecule has 0 radical (unpaired) electrons. The lowest BCUT2D eigenvalue weighted by atomic mass is 9.77. The van der Waals surface area contributed by atoms with E-state index in [-0.39, 0.29) is 24.7 Å². The number of aldehydes is 2. The lowest BCUT2D eigenvalue weighted by molar-refractivity contribution is -0.141. The van der Waals surface area contributed by atoms with Gasteiger partial charge in [-0.05, 0) is 18.8 Å². The predicted octanol–water partition coefficient (Wildman–Crippen LogP) is 1.99. The van der Waals surface area contributed by atoms with E-state index in [0.29, 0.717) is 19.1 Å². The molecule has 0 aromatic rings. The van der Waals surface area contributed by atoms with Crippen LogP contribution in [-0.4, -0.2) is 24.1 Å². The lowest BCUT2D eigenvalue weighted by Crippen LogP contribution is -2.32. The van der Waals surface area contributed by atoms with E-state index >= 15 is 0 Å². The highest BCUT2D eigenvalue weighted by Crippen LogP contribution is 2.26. The minimum atomic E-state index is -0.499. The highest BCUT2D eigenvalue weighted by Gasteiger charge is 2.31. The SMILES string of the molecule is CCC(C=O)C(C)C(CC)C(=O)C(=O)CCC=O. The molecule has 4 heteroatoms. The van der Waals surface area contributed by atoms with Crippen molar-refractivity contribution >= 4 is 24.1 Å². The van der Waals surface area contributed by atoms with E-state index in [4.69, 9.17) is 0 Å². The van der Waals surface area contributed by atoms with Crippen LogP contribution in [-0.2, 0) is 19.2 Å². The minimum absolute atomic E-state index is 0.0244. The fourth-order valence-electron chi connectivity index (χ4n) is 2.21. The first-order chi connectivity index (χ1) is 8.53. The zero-order valence-electron chi connectivity index (χ0n) is 11.3. The number of hydrogen-bond acceptors (Lipinski definition) is 4. The van der Waals surface area contributed by atoms with Gasteiger partial charge in [0.2, 0.25) is 5.78 Å². The van der Waals surface area contributed by atoms with Crippen molar-refractivity contribution in [1.29, 1.82) is 0 Å². The van der Waals surface area contributed by atoms with Crippen molar-refractivity contribution in [3.05, 3.63) is 0 Å². The topological polar surface area (TPSA) is 68.3 Å². The molecule has 0 aliphatic rings. The normalized spacial score (nSPS) is 15.5. The Balaban J connectivity index is 4.74. The van der Waals surface area contributed by atoms with Gasteiger partial charge in [-0.3, -0.25) is 9.59 Å². The number of ketones is 2. The van der Waals surface area contributed by atoms with Crippen LogP contribution in [0.2, 0.25) is 0 Å². The molecule has 0 aliphatic heterocycles. The van der Waals surface area contributed by atoms with E-state index in [9.17, 15) is 19.2 Å². The molecule has 0 saturated heterocycles.